The Morgan fingerprint density at radius 3 is 2.10 bits per heavy atom. The van der Waals surface area contributed by atoms with Gasteiger partial charge in [-0.15, -0.1) is 0 Å². The van der Waals surface area contributed by atoms with Crippen LogP contribution in [0.3, 0.4) is 0 Å². The summed E-state index contributed by atoms with van der Waals surface area (Å²) in [7, 11) is -0.840. The summed E-state index contributed by atoms with van der Waals surface area (Å²) in [4.78, 5) is 75.5. The van der Waals surface area contributed by atoms with Crippen LogP contribution in [0.1, 0.15) is 65.7 Å². The normalized spacial score (nSPS) is 15.8. The van der Waals surface area contributed by atoms with Crippen molar-refractivity contribution >= 4 is 45.5 Å². The molecule has 0 aromatic rings. The van der Waals surface area contributed by atoms with E-state index in [9.17, 15) is 28.8 Å². The fourth-order valence-corrected chi connectivity index (χ4v) is 4.65. The Kier molecular flexibility index (Phi) is 16.4. The third-order valence-corrected chi connectivity index (χ3v) is 8.08. The summed E-state index contributed by atoms with van der Waals surface area (Å²) < 4.78 is 5.43. The second-order valence-electron chi connectivity index (χ2n) is 11.8. The number of carbonyl (C=O) groups is 6. The van der Waals surface area contributed by atoms with Gasteiger partial charge in [0.05, 0.1) is 6.61 Å². The summed E-state index contributed by atoms with van der Waals surface area (Å²) in [5.41, 5.74) is 5.58. The van der Waals surface area contributed by atoms with Crippen LogP contribution in [-0.4, -0.2) is 103 Å². The van der Waals surface area contributed by atoms with Crippen molar-refractivity contribution in [2.45, 2.75) is 83.8 Å². The lowest BCUT2D eigenvalue weighted by Crippen LogP contribution is -2.56. The molecule has 1 aliphatic heterocycles. The molecule has 1 rings (SSSR count). The third-order valence-electron chi connectivity index (χ3n) is 6.69. The number of nitrogens with two attached hydrogens (primary N) is 1. The van der Waals surface area contributed by atoms with Crippen molar-refractivity contribution in [3.63, 3.8) is 0 Å². The van der Waals surface area contributed by atoms with E-state index in [4.69, 9.17) is 10.5 Å². The molecule has 12 nitrogen and oxygen atoms in total. The molecule has 42 heavy (non-hydrogen) atoms. The number of hydrogen-bond acceptors (Lipinski definition) is 8. The number of hydrogen-bond donors (Lipinski definition) is 4. The van der Waals surface area contributed by atoms with E-state index in [1.165, 1.54) is 19.1 Å². The van der Waals surface area contributed by atoms with Crippen molar-refractivity contribution in [3.05, 3.63) is 12.2 Å². The number of esters is 1. The zero-order valence-corrected chi connectivity index (χ0v) is 26.8. The molecule has 0 saturated carbocycles. The third kappa shape index (κ3) is 14.3. The minimum atomic E-state index is -0.954. The molecule has 1 heterocycles. The Morgan fingerprint density at radius 2 is 1.52 bits per heavy atom. The molecule has 3 atom stereocenters. The number of imide groups is 1. The molecule has 13 heteroatoms. The van der Waals surface area contributed by atoms with E-state index in [1.54, 1.807) is 13.8 Å². The number of unbranched alkanes of at least 4 members (excludes halogenated alkanes) is 3. The molecule has 0 spiro atoms. The van der Waals surface area contributed by atoms with Crippen molar-refractivity contribution in [1.29, 1.82) is 0 Å². The first kappa shape index (κ1) is 37.1. The van der Waals surface area contributed by atoms with Gasteiger partial charge in [0.15, 0.2) is 0 Å². The van der Waals surface area contributed by atoms with Gasteiger partial charge < -0.3 is 26.4 Å². The molecule has 0 saturated heterocycles. The van der Waals surface area contributed by atoms with Crippen LogP contribution in [0, 0.1) is 5.92 Å². The standard InChI is InChI=1S/C29H51N5O7S/c1-20(2)26(33-23(35)13-8-7-11-17-34-24(36)14-15-25(34)37)28(39)31-21(3)27(38)32-22(12-9-10-16-30)29(40)41-18-19-42(4,5)6/h14-15,20-22,26H,7-13,16-19,30H2,1-6H3,(H,31,39)(H,32,38)(H,33,35)/t21-,22-,26?/m0/s1. The van der Waals surface area contributed by atoms with Gasteiger partial charge >= 0.3 is 5.97 Å². The molecular formula is C29H51N5O7S. The smallest absolute Gasteiger partial charge is 0.328 e. The van der Waals surface area contributed by atoms with Crippen LogP contribution in [0.2, 0.25) is 0 Å². The minimum absolute atomic E-state index is 0.177. The van der Waals surface area contributed by atoms with Crippen LogP contribution in [0.4, 0.5) is 0 Å². The summed E-state index contributed by atoms with van der Waals surface area (Å²) in [6, 6.07) is -2.66. The maximum Gasteiger partial charge on any atom is 0.328 e. The predicted molar refractivity (Wildman–Crippen MR) is 165 cm³/mol. The van der Waals surface area contributed by atoms with Gasteiger partial charge in [0.2, 0.25) is 17.7 Å². The summed E-state index contributed by atoms with van der Waals surface area (Å²) in [5.74, 6) is -1.99. The zero-order valence-electron chi connectivity index (χ0n) is 26.0. The largest absolute Gasteiger partial charge is 0.463 e. The van der Waals surface area contributed by atoms with Gasteiger partial charge in [0.1, 0.15) is 18.1 Å². The van der Waals surface area contributed by atoms with E-state index >= 15 is 0 Å². The second kappa shape index (κ2) is 18.6. The molecule has 240 valence electrons. The van der Waals surface area contributed by atoms with E-state index in [0.717, 1.165) is 10.7 Å². The predicted octanol–water partition coefficient (Wildman–Crippen LogP) is 0.968. The molecule has 0 aliphatic carbocycles. The summed E-state index contributed by atoms with van der Waals surface area (Å²) in [6.45, 7) is 6.14. The van der Waals surface area contributed by atoms with Gasteiger partial charge in [-0.3, -0.25) is 28.9 Å². The number of nitrogens with one attached hydrogen (secondary N) is 3. The highest BCUT2D eigenvalue weighted by atomic mass is 32.3. The van der Waals surface area contributed by atoms with Crippen molar-refractivity contribution in [2.24, 2.45) is 11.7 Å². The van der Waals surface area contributed by atoms with Crippen molar-refractivity contribution < 1.29 is 33.5 Å². The number of amides is 5. The van der Waals surface area contributed by atoms with Crippen LogP contribution in [-0.2, 0) is 33.5 Å². The first-order valence-corrected chi connectivity index (χ1v) is 17.6. The van der Waals surface area contributed by atoms with Crippen molar-refractivity contribution in [3.8, 4) is 0 Å². The molecule has 5 N–H and O–H groups in total. The van der Waals surface area contributed by atoms with E-state index < -0.39 is 45.9 Å². The molecule has 0 radical (unpaired) electrons. The average molecular weight is 614 g/mol. The Hall–Kier alpha value is -2.93. The lowest BCUT2D eigenvalue weighted by Gasteiger charge is -2.26. The zero-order chi connectivity index (χ0) is 31.9. The summed E-state index contributed by atoms with van der Waals surface area (Å²) in [6.07, 6.45) is 12.5. The van der Waals surface area contributed by atoms with Crippen LogP contribution in [0.25, 0.3) is 0 Å². The number of ether oxygens (including phenoxy) is 1. The summed E-state index contributed by atoms with van der Waals surface area (Å²) in [5, 5.41) is 8.09. The number of nitrogens with zero attached hydrogens (tertiary/aromatic N) is 1. The highest BCUT2D eigenvalue weighted by molar-refractivity contribution is 8.32. The number of carbonyl (C=O) groups excluding carboxylic acids is 6. The summed E-state index contributed by atoms with van der Waals surface area (Å²) >= 11 is 0. The quantitative estimate of drug-likeness (QED) is 0.0892. The van der Waals surface area contributed by atoms with Crippen molar-refractivity contribution in [2.75, 3.05) is 44.2 Å². The molecule has 0 fully saturated rings. The topological polar surface area (TPSA) is 177 Å². The van der Waals surface area contributed by atoms with Gasteiger partial charge in [-0.2, -0.15) is 0 Å². The molecule has 1 aliphatic rings. The highest BCUT2D eigenvalue weighted by Gasteiger charge is 2.29. The Bertz CT molecular complexity index is 962. The first-order chi connectivity index (χ1) is 19.7. The lowest BCUT2D eigenvalue weighted by atomic mass is 10.0. The van der Waals surface area contributed by atoms with Crippen LogP contribution >= 0.6 is 10.0 Å². The molecule has 1 unspecified atom stereocenters. The molecule has 0 bridgehead atoms. The van der Waals surface area contributed by atoms with Gasteiger partial charge in [0.25, 0.3) is 11.8 Å². The monoisotopic (exact) mass is 613 g/mol. The minimum Gasteiger partial charge on any atom is -0.463 e. The van der Waals surface area contributed by atoms with E-state index in [2.05, 4.69) is 34.7 Å². The van der Waals surface area contributed by atoms with E-state index in [1.807, 2.05) is 0 Å². The maximum atomic E-state index is 13.0. The van der Waals surface area contributed by atoms with Gasteiger partial charge in [-0.1, -0.05) is 20.3 Å². The first-order valence-electron chi connectivity index (χ1n) is 14.6. The fraction of sp³-hybridized carbons (Fsp3) is 0.724. The van der Waals surface area contributed by atoms with Gasteiger partial charge in [0, 0.05) is 30.9 Å². The SMILES string of the molecule is CC(C)C(NC(=O)CCCCCN1C(=O)C=CC1=O)C(=O)N[C@@H](C)C(=O)N[C@@H](CCCCN)C(=O)OCCS(C)(C)C. The fourth-order valence-electron chi connectivity index (χ4n) is 4.06. The molecular weight excluding hydrogens is 562 g/mol. The second-order valence-corrected chi connectivity index (χ2v) is 16.4. The highest BCUT2D eigenvalue weighted by Crippen LogP contribution is 2.33. The van der Waals surface area contributed by atoms with Crippen LogP contribution in [0.5, 0.6) is 0 Å². The molecule has 5 amide bonds. The van der Waals surface area contributed by atoms with E-state index in [-0.39, 0.29) is 36.7 Å². The molecule has 0 aromatic carbocycles. The molecule has 0 aromatic heterocycles. The van der Waals surface area contributed by atoms with Gasteiger partial charge in [-0.05, 0) is 70.3 Å². The number of rotatable bonds is 20. The lowest BCUT2D eigenvalue weighted by molar-refractivity contribution is -0.147. The average Bonchev–Trinajstić information content (AvgIpc) is 3.22. The maximum absolute atomic E-state index is 13.0. The van der Waals surface area contributed by atoms with Crippen molar-refractivity contribution in [1.82, 2.24) is 20.9 Å². The van der Waals surface area contributed by atoms with Crippen LogP contribution < -0.4 is 21.7 Å². The Balaban J connectivity index is 2.58. The van der Waals surface area contributed by atoms with E-state index in [0.29, 0.717) is 51.6 Å². The van der Waals surface area contributed by atoms with Crippen LogP contribution in [0.15, 0.2) is 12.2 Å². The Morgan fingerprint density at radius 1 is 0.881 bits per heavy atom. The van der Waals surface area contributed by atoms with Gasteiger partial charge in [-0.25, -0.2) is 14.8 Å². The Labute approximate surface area is 251 Å².